The Kier molecular flexibility index (Phi) is 7.05. The van der Waals surface area contributed by atoms with Crippen molar-refractivity contribution in [3.05, 3.63) is 47.5 Å². The third-order valence-corrected chi connectivity index (χ3v) is 3.66. The molecule has 0 bridgehead atoms. The molecule has 2 aromatic carbocycles. The fourth-order valence-corrected chi connectivity index (χ4v) is 2.37. The lowest BCUT2D eigenvalue weighted by molar-refractivity contribution is 0.0696. The fraction of sp³-hybridized carbons (Fsp3) is 0.300. The number of nitrogens with one attached hydrogen (secondary N) is 1. The first-order valence-electron chi connectivity index (χ1n) is 8.62. The monoisotopic (exact) mass is 373 g/mol. The maximum atomic E-state index is 12.6. The number of benzene rings is 2. The van der Waals surface area contributed by atoms with Gasteiger partial charge in [0.2, 0.25) is 0 Å². The van der Waals surface area contributed by atoms with Crippen molar-refractivity contribution in [2.24, 2.45) is 0 Å². The van der Waals surface area contributed by atoms with Gasteiger partial charge in [0.25, 0.3) is 5.91 Å². The van der Waals surface area contributed by atoms with Gasteiger partial charge in [-0.2, -0.15) is 0 Å². The van der Waals surface area contributed by atoms with E-state index in [1.54, 1.807) is 18.2 Å². The molecule has 0 aliphatic heterocycles. The second-order valence-electron chi connectivity index (χ2n) is 5.62. The predicted molar refractivity (Wildman–Crippen MR) is 101 cm³/mol. The molecule has 7 heteroatoms. The van der Waals surface area contributed by atoms with Crippen LogP contribution in [0.3, 0.4) is 0 Å². The number of hydrogen-bond acceptors (Lipinski definition) is 5. The van der Waals surface area contributed by atoms with Gasteiger partial charge < -0.3 is 24.6 Å². The normalized spacial score (nSPS) is 10.2. The Labute approximate surface area is 157 Å². The molecule has 2 rings (SSSR count). The molecular formula is C20H23NO6. The standard InChI is InChI=1S/C20H23NO6/c1-4-10-27-16-9-7-13(11-18(16)26-5-2)19(22)21-15-8-6-14(20(23)24)12-17(15)25-3/h6-9,11-12H,4-5,10H2,1-3H3,(H,21,22)(H,23,24). The van der Waals surface area contributed by atoms with E-state index in [4.69, 9.17) is 19.3 Å². The Morgan fingerprint density at radius 2 is 1.67 bits per heavy atom. The number of aromatic carboxylic acids is 1. The number of ether oxygens (including phenoxy) is 3. The van der Waals surface area contributed by atoms with Gasteiger partial charge in [0, 0.05) is 5.56 Å². The van der Waals surface area contributed by atoms with Crippen LogP contribution < -0.4 is 19.5 Å². The molecule has 0 saturated carbocycles. The summed E-state index contributed by atoms with van der Waals surface area (Å²) in [4.78, 5) is 23.7. The second kappa shape index (κ2) is 9.47. The van der Waals surface area contributed by atoms with Crippen molar-refractivity contribution in [2.75, 3.05) is 25.6 Å². The lowest BCUT2D eigenvalue weighted by Gasteiger charge is -2.14. The highest BCUT2D eigenvalue weighted by Crippen LogP contribution is 2.30. The van der Waals surface area contributed by atoms with E-state index in [9.17, 15) is 9.59 Å². The van der Waals surface area contributed by atoms with Crippen molar-refractivity contribution in [3.8, 4) is 17.2 Å². The summed E-state index contributed by atoms with van der Waals surface area (Å²) in [5.74, 6) is -0.115. The van der Waals surface area contributed by atoms with Gasteiger partial charge in [-0.3, -0.25) is 4.79 Å². The minimum absolute atomic E-state index is 0.0703. The largest absolute Gasteiger partial charge is 0.495 e. The first-order valence-corrected chi connectivity index (χ1v) is 8.62. The van der Waals surface area contributed by atoms with Gasteiger partial charge in [0.15, 0.2) is 11.5 Å². The number of hydrogen-bond donors (Lipinski definition) is 2. The van der Waals surface area contributed by atoms with Crippen LogP contribution in [0.1, 0.15) is 41.0 Å². The lowest BCUT2D eigenvalue weighted by Crippen LogP contribution is -2.13. The molecule has 27 heavy (non-hydrogen) atoms. The fourth-order valence-electron chi connectivity index (χ4n) is 2.37. The SMILES string of the molecule is CCCOc1ccc(C(=O)Nc2ccc(C(=O)O)cc2OC)cc1OCC. The molecule has 2 aromatic rings. The Hall–Kier alpha value is -3.22. The summed E-state index contributed by atoms with van der Waals surface area (Å²) in [7, 11) is 1.41. The number of carbonyl (C=O) groups excluding carboxylic acids is 1. The van der Waals surface area contributed by atoms with Crippen LogP contribution in [-0.2, 0) is 0 Å². The maximum absolute atomic E-state index is 12.6. The quantitative estimate of drug-likeness (QED) is 0.694. The number of carbonyl (C=O) groups is 2. The number of carboxylic acids is 1. The van der Waals surface area contributed by atoms with Crippen LogP contribution in [0, 0.1) is 0 Å². The maximum Gasteiger partial charge on any atom is 0.335 e. The van der Waals surface area contributed by atoms with E-state index >= 15 is 0 Å². The van der Waals surface area contributed by atoms with E-state index in [1.807, 2.05) is 13.8 Å². The third-order valence-electron chi connectivity index (χ3n) is 3.66. The minimum Gasteiger partial charge on any atom is -0.495 e. The molecule has 0 aromatic heterocycles. The summed E-state index contributed by atoms with van der Waals surface area (Å²) >= 11 is 0. The second-order valence-corrected chi connectivity index (χ2v) is 5.62. The van der Waals surface area contributed by atoms with Gasteiger partial charge in [-0.1, -0.05) is 6.92 Å². The molecule has 7 nitrogen and oxygen atoms in total. The number of carboxylic acid groups (broad SMARTS) is 1. The summed E-state index contributed by atoms with van der Waals surface area (Å²) in [5.41, 5.74) is 0.823. The number of methoxy groups -OCH3 is 1. The highest BCUT2D eigenvalue weighted by molar-refractivity contribution is 6.05. The first kappa shape index (κ1) is 20.1. The average molecular weight is 373 g/mol. The molecule has 0 fully saturated rings. The molecule has 0 aliphatic carbocycles. The van der Waals surface area contributed by atoms with E-state index in [0.717, 1.165) is 6.42 Å². The molecule has 0 heterocycles. The predicted octanol–water partition coefficient (Wildman–Crippen LogP) is 3.83. The zero-order chi connectivity index (χ0) is 19.8. The Morgan fingerprint density at radius 3 is 2.30 bits per heavy atom. The Balaban J connectivity index is 2.25. The summed E-state index contributed by atoms with van der Waals surface area (Å²) in [6.07, 6.45) is 0.861. The molecule has 0 atom stereocenters. The van der Waals surface area contributed by atoms with Crippen LogP contribution >= 0.6 is 0 Å². The van der Waals surface area contributed by atoms with E-state index in [-0.39, 0.29) is 17.2 Å². The van der Waals surface area contributed by atoms with E-state index in [1.165, 1.54) is 25.3 Å². The van der Waals surface area contributed by atoms with Gasteiger partial charge >= 0.3 is 5.97 Å². The topological polar surface area (TPSA) is 94.1 Å². The zero-order valence-electron chi connectivity index (χ0n) is 15.6. The van der Waals surface area contributed by atoms with E-state index < -0.39 is 5.97 Å². The molecule has 0 saturated heterocycles. The van der Waals surface area contributed by atoms with Crippen LogP contribution in [0.15, 0.2) is 36.4 Å². The molecule has 2 N–H and O–H groups in total. The minimum atomic E-state index is -1.07. The van der Waals surface area contributed by atoms with Crippen molar-refractivity contribution in [2.45, 2.75) is 20.3 Å². The summed E-state index contributed by atoms with van der Waals surface area (Å²) < 4.78 is 16.4. The van der Waals surface area contributed by atoms with Gasteiger partial charge in [-0.25, -0.2) is 4.79 Å². The number of rotatable bonds is 9. The van der Waals surface area contributed by atoms with Crippen molar-refractivity contribution in [1.29, 1.82) is 0 Å². The van der Waals surface area contributed by atoms with Crippen LogP contribution in [0.5, 0.6) is 17.2 Å². The summed E-state index contributed by atoms with van der Waals surface area (Å²) in [6, 6.07) is 9.19. The van der Waals surface area contributed by atoms with Crippen LogP contribution in [0.2, 0.25) is 0 Å². The third kappa shape index (κ3) is 5.13. The van der Waals surface area contributed by atoms with Crippen molar-refractivity contribution in [3.63, 3.8) is 0 Å². The Morgan fingerprint density at radius 1 is 0.963 bits per heavy atom. The van der Waals surface area contributed by atoms with Gasteiger partial charge in [-0.15, -0.1) is 0 Å². The summed E-state index contributed by atoms with van der Waals surface area (Å²) in [6.45, 7) is 4.85. The zero-order valence-corrected chi connectivity index (χ0v) is 15.6. The van der Waals surface area contributed by atoms with Crippen molar-refractivity contribution >= 4 is 17.6 Å². The van der Waals surface area contributed by atoms with E-state index in [2.05, 4.69) is 5.32 Å². The van der Waals surface area contributed by atoms with Crippen molar-refractivity contribution < 1.29 is 28.9 Å². The highest BCUT2D eigenvalue weighted by Gasteiger charge is 2.15. The van der Waals surface area contributed by atoms with Gasteiger partial charge in [-0.05, 0) is 49.7 Å². The molecule has 144 valence electrons. The molecule has 0 unspecified atom stereocenters. The van der Waals surface area contributed by atoms with Gasteiger partial charge in [0.05, 0.1) is 31.6 Å². The number of amides is 1. The molecular weight excluding hydrogens is 350 g/mol. The van der Waals surface area contributed by atoms with Gasteiger partial charge in [0.1, 0.15) is 5.75 Å². The smallest absolute Gasteiger partial charge is 0.335 e. The van der Waals surface area contributed by atoms with Crippen molar-refractivity contribution in [1.82, 2.24) is 0 Å². The highest BCUT2D eigenvalue weighted by atomic mass is 16.5. The number of anilines is 1. The Bertz CT molecular complexity index is 818. The molecule has 1 amide bonds. The molecule has 0 aliphatic rings. The molecule has 0 spiro atoms. The molecule has 0 radical (unpaired) electrons. The van der Waals surface area contributed by atoms with Crippen LogP contribution in [0.4, 0.5) is 5.69 Å². The van der Waals surface area contributed by atoms with Crippen LogP contribution in [-0.4, -0.2) is 37.3 Å². The average Bonchev–Trinajstić information content (AvgIpc) is 2.67. The first-order chi connectivity index (χ1) is 13.0. The summed E-state index contributed by atoms with van der Waals surface area (Å²) in [5, 5.41) is 11.8. The van der Waals surface area contributed by atoms with E-state index in [0.29, 0.717) is 36.0 Å². The van der Waals surface area contributed by atoms with Crippen LogP contribution in [0.25, 0.3) is 0 Å². The lowest BCUT2D eigenvalue weighted by atomic mass is 10.1.